The minimum absolute atomic E-state index is 0.196. The number of thioether (sulfide) groups is 1. The van der Waals surface area contributed by atoms with E-state index in [1.165, 1.54) is 21.9 Å². The molecule has 3 aromatic carbocycles. The molecule has 8 heteroatoms. The van der Waals surface area contributed by atoms with Gasteiger partial charge in [0.05, 0.1) is 35.7 Å². The van der Waals surface area contributed by atoms with E-state index in [2.05, 4.69) is 36.2 Å². The van der Waals surface area contributed by atoms with Gasteiger partial charge in [-0.25, -0.2) is 4.98 Å². The first-order valence-electron chi connectivity index (χ1n) is 11.0. The highest BCUT2D eigenvalue weighted by molar-refractivity contribution is 8.00. The van der Waals surface area contributed by atoms with E-state index in [4.69, 9.17) is 14.6 Å². The summed E-state index contributed by atoms with van der Waals surface area (Å²) < 4.78 is 11.8. The van der Waals surface area contributed by atoms with Crippen molar-refractivity contribution in [2.75, 3.05) is 25.0 Å². The monoisotopic (exact) mass is 501 g/mol. The maximum absolute atomic E-state index is 13.6. The first-order chi connectivity index (χ1) is 17.1. The van der Waals surface area contributed by atoms with E-state index in [-0.39, 0.29) is 5.91 Å². The zero-order valence-corrected chi connectivity index (χ0v) is 21.2. The number of hydrazone groups is 1. The summed E-state index contributed by atoms with van der Waals surface area (Å²) >= 11 is 3.10. The number of fused-ring (bicyclic) bond motifs is 1. The molecule has 1 aromatic heterocycles. The number of nitrogens with zero attached hydrogens (tertiary/aromatic N) is 3. The maximum Gasteiger partial charge on any atom is 0.282 e. The van der Waals surface area contributed by atoms with Crippen LogP contribution in [0.15, 0.2) is 82.3 Å². The van der Waals surface area contributed by atoms with Crippen LogP contribution in [0.1, 0.15) is 11.1 Å². The Balaban J connectivity index is 1.51. The molecule has 1 amide bonds. The summed E-state index contributed by atoms with van der Waals surface area (Å²) in [7, 11) is 3.19. The van der Waals surface area contributed by atoms with E-state index in [9.17, 15) is 4.79 Å². The lowest BCUT2D eigenvalue weighted by molar-refractivity contribution is -0.114. The zero-order valence-electron chi connectivity index (χ0n) is 19.5. The molecule has 0 saturated carbocycles. The minimum atomic E-state index is -0.196. The molecule has 35 heavy (non-hydrogen) atoms. The smallest absolute Gasteiger partial charge is 0.282 e. The number of carbonyl (C=O) groups is 1. The number of ether oxygens (including phenoxy) is 2. The molecule has 0 N–H and O–H groups in total. The number of amides is 1. The summed E-state index contributed by atoms with van der Waals surface area (Å²) in [6.45, 7) is 2.06. The second-order valence-corrected chi connectivity index (χ2v) is 9.96. The highest BCUT2D eigenvalue weighted by atomic mass is 32.2. The van der Waals surface area contributed by atoms with Gasteiger partial charge in [-0.1, -0.05) is 47.2 Å². The van der Waals surface area contributed by atoms with E-state index >= 15 is 0 Å². The molecule has 0 atom stereocenters. The van der Waals surface area contributed by atoms with E-state index < -0.39 is 0 Å². The third-order valence-electron chi connectivity index (χ3n) is 5.53. The average molecular weight is 502 g/mol. The van der Waals surface area contributed by atoms with Gasteiger partial charge in [-0.05, 0) is 55.0 Å². The molecule has 0 fully saturated rings. The Morgan fingerprint density at radius 3 is 2.51 bits per heavy atom. The Morgan fingerprint density at radius 1 is 1.00 bits per heavy atom. The van der Waals surface area contributed by atoms with E-state index in [0.717, 1.165) is 20.7 Å². The van der Waals surface area contributed by atoms with Gasteiger partial charge < -0.3 is 9.47 Å². The summed E-state index contributed by atoms with van der Waals surface area (Å²) in [6.07, 6.45) is 1.85. The molecule has 1 aliphatic heterocycles. The number of hydrogen-bond donors (Lipinski definition) is 0. The summed E-state index contributed by atoms with van der Waals surface area (Å²) in [5.74, 6) is 1.59. The fourth-order valence-electron chi connectivity index (χ4n) is 3.68. The van der Waals surface area contributed by atoms with Crippen LogP contribution in [0, 0.1) is 6.92 Å². The minimum Gasteiger partial charge on any atom is -0.493 e. The SMILES string of the molecule is COc1ccc(/C=C2/C(=O)N(c3nc4ccccc4s3)N=C2CSc2ccc(C)cc2)cc1OC. The van der Waals surface area contributed by atoms with Crippen LogP contribution in [0.3, 0.4) is 0 Å². The number of para-hydroxylation sites is 1. The van der Waals surface area contributed by atoms with Crippen LogP contribution < -0.4 is 14.5 Å². The van der Waals surface area contributed by atoms with Gasteiger partial charge in [0.15, 0.2) is 11.5 Å². The van der Waals surface area contributed by atoms with Gasteiger partial charge in [0.1, 0.15) is 0 Å². The predicted molar refractivity (Wildman–Crippen MR) is 144 cm³/mol. The first-order valence-corrected chi connectivity index (χ1v) is 12.8. The van der Waals surface area contributed by atoms with Gasteiger partial charge in [-0.3, -0.25) is 4.79 Å². The Kier molecular flexibility index (Phi) is 6.57. The Labute approximate surface area is 211 Å². The molecule has 176 valence electrons. The third-order valence-corrected chi connectivity index (χ3v) is 7.57. The van der Waals surface area contributed by atoms with Gasteiger partial charge in [0.2, 0.25) is 5.13 Å². The van der Waals surface area contributed by atoms with Crippen LogP contribution in [0.5, 0.6) is 11.5 Å². The molecule has 0 spiro atoms. The number of aromatic nitrogens is 1. The standard InChI is InChI=1S/C27H23N3O3S2/c1-17-8-11-19(12-9-17)34-16-22-20(14-18-10-13-23(32-2)24(15-18)33-3)26(31)30(29-22)27-28-21-6-4-5-7-25(21)35-27/h4-15H,16H2,1-3H3/b20-14+. The zero-order chi connectivity index (χ0) is 24.4. The van der Waals surface area contributed by atoms with Crippen molar-refractivity contribution in [1.29, 1.82) is 0 Å². The van der Waals surface area contributed by atoms with Crippen LogP contribution >= 0.6 is 23.1 Å². The van der Waals surface area contributed by atoms with Gasteiger partial charge in [-0.15, -0.1) is 11.8 Å². The summed E-state index contributed by atoms with van der Waals surface area (Å²) in [4.78, 5) is 19.3. The molecule has 0 aliphatic carbocycles. The van der Waals surface area contributed by atoms with Crippen molar-refractivity contribution < 1.29 is 14.3 Å². The molecule has 5 rings (SSSR count). The number of hydrogen-bond acceptors (Lipinski definition) is 7. The number of carbonyl (C=O) groups excluding carboxylic acids is 1. The van der Waals surface area contributed by atoms with E-state index in [1.54, 1.807) is 26.0 Å². The summed E-state index contributed by atoms with van der Waals surface area (Å²) in [5.41, 5.74) is 4.12. The van der Waals surface area contributed by atoms with Crippen molar-refractivity contribution in [2.24, 2.45) is 5.10 Å². The number of anilines is 1. The molecule has 0 bridgehead atoms. The van der Waals surface area contributed by atoms with Gasteiger partial charge in [0.25, 0.3) is 5.91 Å². The highest BCUT2D eigenvalue weighted by Crippen LogP contribution is 2.35. The van der Waals surface area contributed by atoms with E-state index in [1.807, 2.05) is 48.5 Å². The molecular formula is C27H23N3O3S2. The molecule has 0 radical (unpaired) electrons. The topological polar surface area (TPSA) is 64.0 Å². The average Bonchev–Trinajstić information content (AvgIpc) is 3.44. The molecule has 6 nitrogen and oxygen atoms in total. The van der Waals surface area contributed by atoms with Gasteiger partial charge >= 0.3 is 0 Å². The molecular weight excluding hydrogens is 478 g/mol. The quantitative estimate of drug-likeness (QED) is 0.223. The van der Waals surface area contributed by atoms with Crippen molar-refractivity contribution in [3.8, 4) is 11.5 Å². The van der Waals surface area contributed by atoms with Crippen LogP contribution in [-0.4, -0.2) is 36.6 Å². The van der Waals surface area contributed by atoms with Crippen LogP contribution in [0.25, 0.3) is 16.3 Å². The van der Waals surface area contributed by atoms with Crippen molar-refractivity contribution in [3.05, 3.63) is 83.4 Å². The lowest BCUT2D eigenvalue weighted by Crippen LogP contribution is -2.21. The Morgan fingerprint density at radius 2 is 1.77 bits per heavy atom. The van der Waals surface area contributed by atoms with Crippen molar-refractivity contribution in [2.45, 2.75) is 11.8 Å². The number of methoxy groups -OCH3 is 2. The first kappa shape index (κ1) is 23.1. The molecule has 2 heterocycles. The Hall–Kier alpha value is -3.62. The second kappa shape index (κ2) is 9.93. The summed E-state index contributed by atoms with van der Waals surface area (Å²) in [6, 6.07) is 21.7. The highest BCUT2D eigenvalue weighted by Gasteiger charge is 2.33. The van der Waals surface area contributed by atoms with Crippen LogP contribution in [0.2, 0.25) is 0 Å². The number of thiazole rings is 1. The van der Waals surface area contributed by atoms with Crippen molar-refractivity contribution >= 4 is 56.1 Å². The Bertz CT molecular complexity index is 1430. The molecule has 1 aliphatic rings. The maximum atomic E-state index is 13.6. The molecule has 0 unspecified atom stereocenters. The molecule has 0 saturated heterocycles. The fourth-order valence-corrected chi connectivity index (χ4v) is 5.45. The lowest BCUT2D eigenvalue weighted by atomic mass is 10.1. The third kappa shape index (κ3) is 4.80. The lowest BCUT2D eigenvalue weighted by Gasteiger charge is -2.09. The fraction of sp³-hybridized carbons (Fsp3) is 0.148. The van der Waals surface area contributed by atoms with Gasteiger partial charge in [0, 0.05) is 10.6 Å². The van der Waals surface area contributed by atoms with Crippen LogP contribution in [-0.2, 0) is 4.79 Å². The largest absolute Gasteiger partial charge is 0.493 e. The van der Waals surface area contributed by atoms with Crippen molar-refractivity contribution in [1.82, 2.24) is 4.98 Å². The van der Waals surface area contributed by atoms with Gasteiger partial charge in [-0.2, -0.15) is 10.1 Å². The number of aryl methyl sites for hydroxylation is 1. The molecule has 4 aromatic rings. The second-order valence-electron chi connectivity index (χ2n) is 7.90. The number of rotatable bonds is 7. The van der Waals surface area contributed by atoms with Crippen molar-refractivity contribution in [3.63, 3.8) is 0 Å². The summed E-state index contributed by atoms with van der Waals surface area (Å²) in [5, 5.41) is 6.70. The predicted octanol–water partition coefficient (Wildman–Crippen LogP) is 6.20. The number of benzene rings is 3. The van der Waals surface area contributed by atoms with E-state index in [0.29, 0.717) is 33.7 Å². The normalized spacial score (nSPS) is 14.6. The van der Waals surface area contributed by atoms with Crippen LogP contribution in [0.4, 0.5) is 5.13 Å².